The Morgan fingerprint density at radius 3 is 1.14 bits per heavy atom. The van der Waals surface area contributed by atoms with E-state index in [0.29, 0.717) is 10.8 Å². The number of hydrogen-bond acceptors (Lipinski definition) is 2. The van der Waals surface area contributed by atoms with E-state index in [0.717, 1.165) is 108 Å². The molecule has 3 heteroatoms. The first kappa shape index (κ1) is 36.1. The second-order valence-corrected chi connectivity index (χ2v) is 22.1. The highest BCUT2D eigenvalue weighted by Gasteiger charge is 2.66. The number of benzene rings is 5. The third-order valence-electron chi connectivity index (χ3n) is 19.2. The van der Waals surface area contributed by atoms with E-state index >= 15 is 0 Å². The molecule has 7 aromatic rings. The monoisotopic (exact) mass is 834 g/mol. The van der Waals surface area contributed by atoms with Gasteiger partial charge >= 0.3 is 0 Å². The summed E-state index contributed by atoms with van der Waals surface area (Å²) in [7, 11) is 0. The molecule has 2 aromatic heterocycles. The molecule has 0 amide bonds. The Hall–Kier alpha value is -5.31. The lowest BCUT2D eigenvalue weighted by Gasteiger charge is -2.48. The van der Waals surface area contributed by atoms with E-state index in [9.17, 15) is 0 Å². The highest BCUT2D eigenvalue weighted by molar-refractivity contribution is 6.31. The smallest absolute Gasteiger partial charge is 0.0702 e. The minimum Gasteiger partial charge on any atom is -0.256 e. The average Bonchev–Trinajstić information content (AvgIpc) is 3.95. The van der Waals surface area contributed by atoms with E-state index < -0.39 is 0 Å². The van der Waals surface area contributed by atoms with Gasteiger partial charge in [0.25, 0.3) is 0 Å². The Bertz CT molecular complexity index is 2850. The molecule has 0 N–H and O–H groups in total. The predicted octanol–water partition coefficient (Wildman–Crippen LogP) is 15.9. The molecule has 2 spiro atoms. The van der Waals surface area contributed by atoms with Crippen molar-refractivity contribution in [3.63, 3.8) is 0 Å². The quantitative estimate of drug-likeness (QED) is 0.167. The van der Waals surface area contributed by atoms with Crippen molar-refractivity contribution >= 4 is 11.6 Å². The summed E-state index contributed by atoms with van der Waals surface area (Å²) in [4.78, 5) is 10.3. The fourth-order valence-electron chi connectivity index (χ4n) is 16.5. The summed E-state index contributed by atoms with van der Waals surface area (Å²) in [6, 6.07) is 47.5. The fourth-order valence-corrected chi connectivity index (χ4v) is 16.8. The first-order valence-corrected chi connectivity index (χ1v) is 24.5. The predicted molar refractivity (Wildman–Crippen MR) is 256 cm³/mol. The van der Waals surface area contributed by atoms with Crippen LogP contribution in [0.15, 0.2) is 140 Å². The lowest BCUT2D eigenvalue weighted by molar-refractivity contribution is 0.00321. The van der Waals surface area contributed by atoms with Crippen molar-refractivity contribution in [2.75, 3.05) is 0 Å². The zero-order valence-corrected chi connectivity index (χ0v) is 36.5. The molecule has 6 fully saturated rings. The summed E-state index contributed by atoms with van der Waals surface area (Å²) in [6.07, 6.45) is 18.5. The zero-order valence-electron chi connectivity index (χ0n) is 35.7. The van der Waals surface area contributed by atoms with Gasteiger partial charge in [-0.3, -0.25) is 9.97 Å². The molecule has 10 atom stereocenters. The van der Waals surface area contributed by atoms with Crippen LogP contribution < -0.4 is 0 Å². The van der Waals surface area contributed by atoms with Gasteiger partial charge in [0.2, 0.25) is 0 Å². The maximum absolute atomic E-state index is 7.03. The van der Waals surface area contributed by atoms with Gasteiger partial charge in [-0.1, -0.05) is 96.5 Å². The van der Waals surface area contributed by atoms with Crippen molar-refractivity contribution in [1.82, 2.24) is 9.97 Å². The van der Waals surface area contributed by atoms with Crippen LogP contribution in [0.3, 0.4) is 0 Å². The van der Waals surface area contributed by atoms with Crippen LogP contribution >= 0.6 is 11.6 Å². The van der Waals surface area contributed by atoms with Crippen molar-refractivity contribution in [3.05, 3.63) is 167 Å². The summed E-state index contributed by atoms with van der Waals surface area (Å²) in [5.41, 5.74) is 21.6. The molecule has 2 heterocycles. The third-order valence-corrected chi connectivity index (χ3v) is 19.4. The SMILES string of the molecule is Clc1cc(-c2ccccc2-c2ccc(-c3ccc4c(c3)C3CC5CC6CC4CC65C3)nc2)cc(-c2ccccc2-c2ccc(-c3ccc4c(c3)C3CC5CC6CC4CC65C3)nc2)c1. The minimum atomic E-state index is 0.681. The van der Waals surface area contributed by atoms with E-state index in [1.807, 2.05) is 0 Å². The fraction of sp³-hybridized carbons (Fsp3) is 0.333. The molecule has 8 aliphatic rings. The Morgan fingerprint density at radius 2 is 0.746 bits per heavy atom. The molecule has 63 heavy (non-hydrogen) atoms. The third kappa shape index (κ3) is 5.08. The standard InChI is InChI=1S/C60H51ClN2/c61-48-22-38(51-7-3-1-5-49(51)36-11-15-57(62-32-36)34-9-13-53-40-18-44-26-46-20-42(55(53)24-34)30-59(44,46)28-40)17-39(23-48)52-8-4-2-6-50(52)37-12-16-58(63-33-37)35-10-14-54-41-19-45-27-47-21-43(56(54)25-35)31-60(45,47)29-41/h1-17,22-25,32-33,40-47H,18-21,26-31H2. The molecule has 0 saturated heterocycles. The molecular weight excluding hydrogens is 784 g/mol. The van der Waals surface area contributed by atoms with Crippen LogP contribution in [0.4, 0.5) is 0 Å². The Balaban J connectivity index is 0.724. The van der Waals surface area contributed by atoms with Gasteiger partial charge in [0, 0.05) is 39.7 Å². The summed E-state index contributed by atoms with van der Waals surface area (Å²) in [6.45, 7) is 0. The van der Waals surface area contributed by atoms with Crippen molar-refractivity contribution in [3.8, 4) is 67.0 Å². The highest BCUT2D eigenvalue weighted by Crippen LogP contribution is 2.77. The maximum Gasteiger partial charge on any atom is 0.0702 e. The van der Waals surface area contributed by atoms with Crippen LogP contribution in [0, 0.1) is 34.5 Å². The topological polar surface area (TPSA) is 25.8 Å². The van der Waals surface area contributed by atoms with Gasteiger partial charge in [0.05, 0.1) is 11.4 Å². The van der Waals surface area contributed by atoms with E-state index in [1.165, 1.54) is 75.3 Å². The number of halogens is 1. The largest absolute Gasteiger partial charge is 0.256 e. The van der Waals surface area contributed by atoms with Crippen molar-refractivity contribution in [2.24, 2.45) is 34.5 Å². The van der Waals surface area contributed by atoms with Crippen molar-refractivity contribution < 1.29 is 0 Å². The Labute approximate surface area is 376 Å². The average molecular weight is 836 g/mol. The van der Waals surface area contributed by atoms with E-state index in [-0.39, 0.29) is 0 Å². The number of hydrogen-bond donors (Lipinski definition) is 0. The number of rotatable bonds is 6. The van der Waals surface area contributed by atoms with Gasteiger partial charge < -0.3 is 0 Å². The molecule has 10 unspecified atom stereocenters. The van der Waals surface area contributed by atoms with Gasteiger partial charge in [-0.15, -0.1) is 0 Å². The van der Waals surface area contributed by atoms with Gasteiger partial charge in [-0.05, 0) is 220 Å². The number of aromatic nitrogens is 2. The number of fused-ring (bicyclic) bond motifs is 10. The molecule has 2 nitrogen and oxygen atoms in total. The number of nitrogens with zero attached hydrogens (tertiary/aromatic N) is 2. The molecule has 308 valence electrons. The van der Waals surface area contributed by atoms with Crippen LogP contribution in [0.5, 0.6) is 0 Å². The van der Waals surface area contributed by atoms with Crippen LogP contribution in [0.1, 0.15) is 110 Å². The summed E-state index contributed by atoms with van der Waals surface area (Å²) >= 11 is 7.03. The zero-order chi connectivity index (χ0) is 41.2. The minimum absolute atomic E-state index is 0.681. The second-order valence-electron chi connectivity index (χ2n) is 21.6. The van der Waals surface area contributed by atoms with Gasteiger partial charge in [0.15, 0.2) is 0 Å². The maximum atomic E-state index is 7.03. The second kappa shape index (κ2) is 12.9. The van der Waals surface area contributed by atoms with Crippen molar-refractivity contribution in [1.29, 1.82) is 0 Å². The van der Waals surface area contributed by atoms with Crippen LogP contribution in [-0.2, 0) is 0 Å². The van der Waals surface area contributed by atoms with E-state index in [4.69, 9.17) is 21.6 Å². The first-order chi connectivity index (χ1) is 31.0. The molecule has 0 radical (unpaired) electrons. The van der Waals surface area contributed by atoms with Gasteiger partial charge in [0.1, 0.15) is 0 Å². The summed E-state index contributed by atoms with van der Waals surface area (Å²) in [5.74, 6) is 7.00. The van der Waals surface area contributed by atoms with E-state index in [2.05, 4.69) is 140 Å². The molecule has 0 aliphatic heterocycles. The van der Waals surface area contributed by atoms with Gasteiger partial charge in [-0.2, -0.15) is 0 Å². The summed E-state index contributed by atoms with van der Waals surface area (Å²) in [5, 5.41) is 0.720. The Kier molecular flexibility index (Phi) is 7.39. The van der Waals surface area contributed by atoms with Crippen LogP contribution in [0.25, 0.3) is 67.0 Å². The Morgan fingerprint density at radius 1 is 0.365 bits per heavy atom. The highest BCUT2D eigenvalue weighted by atomic mass is 35.5. The molecule has 15 rings (SSSR count). The molecule has 5 aromatic carbocycles. The van der Waals surface area contributed by atoms with Gasteiger partial charge in [-0.25, -0.2) is 0 Å². The summed E-state index contributed by atoms with van der Waals surface area (Å²) < 4.78 is 0. The lowest BCUT2D eigenvalue weighted by atomic mass is 9.56. The molecular formula is C60H51ClN2. The molecule has 6 bridgehead atoms. The van der Waals surface area contributed by atoms with Crippen LogP contribution in [-0.4, -0.2) is 9.97 Å². The number of pyridine rings is 2. The van der Waals surface area contributed by atoms with Crippen LogP contribution in [0.2, 0.25) is 5.02 Å². The van der Waals surface area contributed by atoms with E-state index in [1.54, 1.807) is 22.3 Å². The lowest BCUT2D eigenvalue weighted by Crippen LogP contribution is -2.41. The normalized spacial score (nSPS) is 31.7. The molecule has 6 saturated carbocycles. The first-order valence-electron chi connectivity index (χ1n) is 24.2. The molecule has 8 aliphatic carbocycles. The van der Waals surface area contributed by atoms with Crippen molar-refractivity contribution in [2.45, 2.75) is 87.9 Å².